The van der Waals surface area contributed by atoms with Crippen molar-refractivity contribution in [1.29, 1.82) is 0 Å². The Balaban J connectivity index is 2.37. The molecule has 1 aliphatic rings. The predicted octanol–water partition coefficient (Wildman–Crippen LogP) is 1.75. The van der Waals surface area contributed by atoms with Gasteiger partial charge in [0.1, 0.15) is 0 Å². The average Bonchev–Trinajstić information content (AvgIpc) is 2.68. The Hall–Kier alpha value is -1.12. The van der Waals surface area contributed by atoms with Crippen LogP contribution in [0.4, 0.5) is 0 Å². The number of hydrogen-bond acceptors (Lipinski definition) is 3. The molecule has 0 radical (unpaired) electrons. The van der Waals surface area contributed by atoms with Crippen LogP contribution in [0.5, 0.6) is 0 Å². The number of Topliss-reactive ketones (excluding diaryl/α,β-unsaturated/α-hetero) is 1. The van der Waals surface area contributed by atoms with Crippen molar-refractivity contribution in [3.63, 3.8) is 0 Å². The summed E-state index contributed by atoms with van der Waals surface area (Å²) in [7, 11) is 0. The number of rotatable bonds is 2. The van der Waals surface area contributed by atoms with E-state index in [1.54, 1.807) is 6.92 Å². The van der Waals surface area contributed by atoms with E-state index in [9.17, 15) is 4.79 Å². The van der Waals surface area contributed by atoms with Gasteiger partial charge in [-0.15, -0.1) is 0 Å². The van der Waals surface area contributed by atoms with Crippen molar-refractivity contribution in [1.82, 2.24) is 5.16 Å². The Morgan fingerprint density at radius 1 is 1.73 bits per heavy atom. The largest absolute Gasteiger partial charge is 0.360 e. The van der Waals surface area contributed by atoms with Gasteiger partial charge in [-0.25, -0.2) is 0 Å². The van der Waals surface area contributed by atoms with Crippen molar-refractivity contribution in [3.05, 3.63) is 17.5 Å². The third kappa shape index (κ3) is 1.06. The Kier molecular flexibility index (Phi) is 1.31. The topological polar surface area (TPSA) is 43.1 Å². The lowest BCUT2D eigenvalue weighted by Gasteiger charge is -1.90. The van der Waals surface area contributed by atoms with E-state index in [2.05, 4.69) is 5.16 Å². The minimum Gasteiger partial charge on any atom is -0.360 e. The van der Waals surface area contributed by atoms with E-state index in [0.717, 1.165) is 18.6 Å². The van der Waals surface area contributed by atoms with Crippen LogP contribution in [0.15, 0.2) is 10.7 Å². The fraction of sp³-hybridized carbons (Fsp3) is 0.500. The van der Waals surface area contributed by atoms with E-state index in [1.165, 1.54) is 6.20 Å². The number of carbonyl (C=O) groups excluding carboxylic acids is 1. The molecule has 0 unspecified atom stereocenters. The molecule has 1 aliphatic carbocycles. The number of aromatic nitrogens is 1. The van der Waals surface area contributed by atoms with E-state index in [-0.39, 0.29) is 5.78 Å². The first-order valence-electron chi connectivity index (χ1n) is 3.74. The van der Waals surface area contributed by atoms with Crippen LogP contribution >= 0.6 is 0 Å². The summed E-state index contributed by atoms with van der Waals surface area (Å²) < 4.78 is 4.98. The van der Waals surface area contributed by atoms with Crippen molar-refractivity contribution in [3.8, 4) is 0 Å². The highest BCUT2D eigenvalue weighted by molar-refractivity contribution is 5.94. The molecule has 1 fully saturated rings. The first kappa shape index (κ1) is 6.58. The first-order chi connectivity index (χ1) is 5.29. The van der Waals surface area contributed by atoms with Crippen molar-refractivity contribution in [2.75, 3.05) is 0 Å². The fourth-order valence-electron chi connectivity index (χ4n) is 1.15. The third-order valence-corrected chi connectivity index (χ3v) is 1.93. The van der Waals surface area contributed by atoms with Crippen molar-refractivity contribution >= 4 is 5.78 Å². The van der Waals surface area contributed by atoms with Crippen LogP contribution in [0.25, 0.3) is 0 Å². The van der Waals surface area contributed by atoms with Gasteiger partial charge in [0.05, 0.1) is 11.8 Å². The van der Waals surface area contributed by atoms with E-state index in [4.69, 9.17) is 4.52 Å². The van der Waals surface area contributed by atoms with E-state index < -0.39 is 0 Å². The summed E-state index contributed by atoms with van der Waals surface area (Å²) in [4.78, 5) is 11.0. The Morgan fingerprint density at radius 2 is 2.45 bits per heavy atom. The highest BCUT2D eigenvalue weighted by atomic mass is 16.5. The van der Waals surface area contributed by atoms with Gasteiger partial charge in [-0.2, -0.15) is 0 Å². The maximum Gasteiger partial charge on any atom is 0.164 e. The molecule has 3 heteroatoms. The molecule has 0 spiro atoms. The molecule has 3 nitrogen and oxygen atoms in total. The molecule has 0 N–H and O–H groups in total. The molecule has 0 atom stereocenters. The number of carbonyl (C=O) groups is 1. The van der Waals surface area contributed by atoms with Gasteiger partial charge in [0.25, 0.3) is 0 Å². The summed E-state index contributed by atoms with van der Waals surface area (Å²) in [5.74, 6) is 1.31. The molecule has 2 rings (SSSR count). The maximum atomic E-state index is 11.0. The summed E-state index contributed by atoms with van der Waals surface area (Å²) in [6.45, 7) is 1.54. The number of ketones is 1. The van der Waals surface area contributed by atoms with Crippen LogP contribution in [0.3, 0.4) is 0 Å². The van der Waals surface area contributed by atoms with E-state index in [0.29, 0.717) is 11.5 Å². The normalized spacial score (nSPS) is 16.8. The van der Waals surface area contributed by atoms with Crippen LogP contribution < -0.4 is 0 Å². The molecule has 58 valence electrons. The second kappa shape index (κ2) is 2.19. The van der Waals surface area contributed by atoms with E-state index >= 15 is 0 Å². The Bertz CT molecular complexity index is 286. The highest BCUT2D eigenvalue weighted by Gasteiger charge is 2.31. The molecular weight excluding hydrogens is 142 g/mol. The van der Waals surface area contributed by atoms with Gasteiger partial charge < -0.3 is 4.52 Å². The second-order valence-corrected chi connectivity index (χ2v) is 2.93. The van der Waals surface area contributed by atoms with Crippen LogP contribution in [0, 0.1) is 0 Å². The molecule has 0 bridgehead atoms. The van der Waals surface area contributed by atoms with Gasteiger partial charge in [-0.05, 0) is 19.8 Å². The van der Waals surface area contributed by atoms with Gasteiger partial charge in [0.15, 0.2) is 11.5 Å². The van der Waals surface area contributed by atoms with Gasteiger partial charge in [-0.3, -0.25) is 4.79 Å². The monoisotopic (exact) mass is 151 g/mol. The molecule has 0 aliphatic heterocycles. The zero-order chi connectivity index (χ0) is 7.84. The van der Waals surface area contributed by atoms with Gasteiger partial charge in [-0.1, -0.05) is 5.16 Å². The summed E-state index contributed by atoms with van der Waals surface area (Å²) in [6, 6.07) is 0. The summed E-state index contributed by atoms with van der Waals surface area (Å²) in [5.41, 5.74) is 0.660. The Morgan fingerprint density at radius 3 is 3.00 bits per heavy atom. The molecule has 11 heavy (non-hydrogen) atoms. The van der Waals surface area contributed by atoms with Crippen LogP contribution in [0.1, 0.15) is 41.8 Å². The second-order valence-electron chi connectivity index (χ2n) is 2.93. The summed E-state index contributed by atoms with van der Waals surface area (Å²) in [5, 5.41) is 3.61. The van der Waals surface area contributed by atoms with Crippen molar-refractivity contribution < 1.29 is 9.32 Å². The maximum absolute atomic E-state index is 11.0. The average molecular weight is 151 g/mol. The molecule has 1 aromatic heterocycles. The van der Waals surface area contributed by atoms with Gasteiger partial charge in [0, 0.05) is 5.92 Å². The number of hydrogen-bond donors (Lipinski definition) is 0. The minimum atomic E-state index is 0.0492. The van der Waals surface area contributed by atoms with Crippen LogP contribution in [-0.4, -0.2) is 10.9 Å². The standard InChI is InChI=1S/C8H9NO2/c1-5(10)7-4-9-11-8(7)6-2-3-6/h4,6H,2-3H2,1H3. The molecule has 1 saturated carbocycles. The number of nitrogens with zero attached hydrogens (tertiary/aromatic N) is 1. The zero-order valence-corrected chi connectivity index (χ0v) is 6.33. The molecule has 0 aromatic carbocycles. The zero-order valence-electron chi connectivity index (χ0n) is 6.33. The highest BCUT2D eigenvalue weighted by Crippen LogP contribution is 2.41. The van der Waals surface area contributed by atoms with Crippen LogP contribution in [-0.2, 0) is 0 Å². The lowest BCUT2D eigenvalue weighted by Crippen LogP contribution is -1.93. The first-order valence-corrected chi connectivity index (χ1v) is 3.74. The third-order valence-electron chi connectivity index (χ3n) is 1.93. The fourth-order valence-corrected chi connectivity index (χ4v) is 1.15. The van der Waals surface area contributed by atoms with Gasteiger partial charge >= 0.3 is 0 Å². The van der Waals surface area contributed by atoms with Crippen molar-refractivity contribution in [2.24, 2.45) is 0 Å². The molecule has 1 aromatic rings. The molecule has 0 saturated heterocycles. The van der Waals surface area contributed by atoms with Gasteiger partial charge in [0.2, 0.25) is 0 Å². The summed E-state index contributed by atoms with van der Waals surface area (Å²) >= 11 is 0. The molecular formula is C8H9NO2. The van der Waals surface area contributed by atoms with Crippen molar-refractivity contribution in [2.45, 2.75) is 25.7 Å². The SMILES string of the molecule is CC(=O)c1cnoc1C1CC1. The molecule has 0 amide bonds. The van der Waals surface area contributed by atoms with Crippen LogP contribution in [0.2, 0.25) is 0 Å². The lowest BCUT2D eigenvalue weighted by atomic mass is 10.1. The quantitative estimate of drug-likeness (QED) is 0.605. The smallest absolute Gasteiger partial charge is 0.164 e. The minimum absolute atomic E-state index is 0.0492. The Labute approximate surface area is 64.4 Å². The molecule has 1 heterocycles. The predicted molar refractivity (Wildman–Crippen MR) is 38.5 cm³/mol. The van der Waals surface area contributed by atoms with E-state index in [1.807, 2.05) is 0 Å². The lowest BCUT2D eigenvalue weighted by molar-refractivity contribution is 0.101. The summed E-state index contributed by atoms with van der Waals surface area (Å²) in [6.07, 6.45) is 3.78.